The van der Waals surface area contributed by atoms with Crippen LogP contribution in [0.15, 0.2) is 48.5 Å². The first-order valence-corrected chi connectivity index (χ1v) is 13.5. The fourth-order valence-corrected chi connectivity index (χ4v) is 8.17. The summed E-state index contributed by atoms with van der Waals surface area (Å²) in [4.78, 5) is 16.6. The normalized spacial score (nSPS) is 17.2. The number of amides is 1. The molecule has 170 valence electrons. The van der Waals surface area contributed by atoms with Crippen molar-refractivity contribution < 1.29 is 9.53 Å². The number of fused-ring (bicyclic) bond motifs is 4. The predicted octanol–water partition coefficient (Wildman–Crippen LogP) is 7.47. The monoisotopic (exact) mass is 494 g/mol. The van der Waals surface area contributed by atoms with Gasteiger partial charge in [-0.15, -0.1) is 0 Å². The fraction of sp³-hybridized carbons (Fsp3) is 0.308. The SMILES string of the molecule is CC1=CC(C)(C)Nc2ccc(OCC(=O)N3c4ccccc4-c4c(ssc4=S)C3(C)C)cc21. The number of hydrogen-bond donors (Lipinski definition) is 1. The van der Waals surface area contributed by atoms with E-state index in [0.29, 0.717) is 5.75 Å². The van der Waals surface area contributed by atoms with Gasteiger partial charge in [0.15, 0.2) is 6.61 Å². The van der Waals surface area contributed by atoms with E-state index in [1.807, 2.05) is 47.4 Å². The maximum absolute atomic E-state index is 13.6. The lowest BCUT2D eigenvalue weighted by Gasteiger charge is -2.42. The third kappa shape index (κ3) is 3.72. The van der Waals surface area contributed by atoms with Crippen LogP contribution in [0.5, 0.6) is 5.75 Å². The molecular weight excluding hydrogens is 468 g/mol. The van der Waals surface area contributed by atoms with E-state index < -0.39 is 5.54 Å². The van der Waals surface area contributed by atoms with Crippen molar-refractivity contribution in [3.63, 3.8) is 0 Å². The van der Waals surface area contributed by atoms with E-state index in [1.54, 1.807) is 20.7 Å². The average Bonchev–Trinajstić information content (AvgIpc) is 3.14. The van der Waals surface area contributed by atoms with Crippen LogP contribution in [-0.4, -0.2) is 18.1 Å². The molecule has 3 aromatic rings. The summed E-state index contributed by atoms with van der Waals surface area (Å²) < 4.78 is 6.91. The molecule has 0 radical (unpaired) electrons. The summed E-state index contributed by atoms with van der Waals surface area (Å²) in [6, 6.07) is 14.0. The summed E-state index contributed by atoms with van der Waals surface area (Å²) in [5.74, 6) is 0.609. The number of ether oxygens (including phenoxy) is 1. The van der Waals surface area contributed by atoms with Gasteiger partial charge in [-0.3, -0.25) is 9.69 Å². The van der Waals surface area contributed by atoms with Gasteiger partial charge in [0, 0.05) is 22.4 Å². The van der Waals surface area contributed by atoms with Crippen molar-refractivity contribution in [2.24, 2.45) is 0 Å². The Hall–Kier alpha value is -2.48. The van der Waals surface area contributed by atoms with Crippen molar-refractivity contribution in [3.05, 3.63) is 62.8 Å². The zero-order valence-corrected chi connectivity index (χ0v) is 21.8. The third-order valence-corrected chi connectivity index (χ3v) is 9.55. The number of rotatable bonds is 3. The standard InChI is InChI=1S/C26H26N2O2S3/c1-15-13-25(2,3)27-19-11-10-16(12-18(15)19)30-14-21(29)28-20-9-7-6-8-17(20)22-23(26(28,4)5)32-33-24(22)31/h6-13,27H,14H2,1-5H3. The van der Waals surface area contributed by atoms with Gasteiger partial charge in [-0.2, -0.15) is 0 Å². The molecule has 0 aliphatic carbocycles. The molecule has 3 heterocycles. The Balaban J connectivity index is 1.43. The molecule has 0 bridgehead atoms. The van der Waals surface area contributed by atoms with E-state index in [9.17, 15) is 4.79 Å². The van der Waals surface area contributed by atoms with Gasteiger partial charge in [0.1, 0.15) is 9.57 Å². The van der Waals surface area contributed by atoms with Gasteiger partial charge in [0.2, 0.25) is 0 Å². The molecule has 0 saturated heterocycles. The smallest absolute Gasteiger partial charge is 0.265 e. The Morgan fingerprint density at radius 1 is 1.09 bits per heavy atom. The molecule has 2 aliphatic rings. The number of benzene rings is 2. The molecule has 1 amide bonds. The molecule has 0 spiro atoms. The van der Waals surface area contributed by atoms with Crippen molar-refractivity contribution in [2.75, 3.05) is 16.8 Å². The number of carbonyl (C=O) groups excluding carboxylic acids is 1. The third-order valence-electron chi connectivity index (χ3n) is 6.22. The molecule has 0 fully saturated rings. The Kier molecular flexibility index (Phi) is 5.27. The van der Waals surface area contributed by atoms with Crippen molar-refractivity contribution in [2.45, 2.75) is 45.7 Å². The average molecular weight is 495 g/mol. The van der Waals surface area contributed by atoms with Gasteiger partial charge in [-0.05, 0) is 64.5 Å². The number of nitrogens with one attached hydrogen (secondary N) is 1. The van der Waals surface area contributed by atoms with Crippen LogP contribution >= 0.6 is 32.9 Å². The summed E-state index contributed by atoms with van der Waals surface area (Å²) >= 11 is 5.63. The molecule has 2 aliphatic heterocycles. The van der Waals surface area contributed by atoms with E-state index in [1.165, 1.54) is 5.57 Å². The van der Waals surface area contributed by atoms with E-state index >= 15 is 0 Å². The summed E-state index contributed by atoms with van der Waals surface area (Å²) in [7, 11) is 3.26. The highest BCUT2D eigenvalue weighted by Crippen LogP contribution is 2.52. The quantitative estimate of drug-likeness (QED) is 0.303. The molecule has 0 atom stereocenters. The summed E-state index contributed by atoms with van der Waals surface area (Å²) in [5, 5.41) is 3.53. The highest BCUT2D eigenvalue weighted by Gasteiger charge is 2.42. The lowest BCUT2D eigenvalue weighted by molar-refractivity contribution is -0.121. The Morgan fingerprint density at radius 2 is 1.85 bits per heavy atom. The van der Waals surface area contributed by atoms with Gasteiger partial charge in [-0.25, -0.2) is 0 Å². The molecule has 1 aromatic heterocycles. The molecule has 0 unspecified atom stereocenters. The number of nitrogens with zero attached hydrogens (tertiary/aromatic N) is 1. The lowest BCUT2D eigenvalue weighted by Crippen LogP contribution is -2.49. The molecule has 1 N–H and O–H groups in total. The Morgan fingerprint density at radius 3 is 2.64 bits per heavy atom. The molecular formula is C26H26N2O2S3. The first-order chi connectivity index (χ1) is 15.6. The molecule has 4 nitrogen and oxygen atoms in total. The fourth-order valence-electron chi connectivity index (χ4n) is 4.88. The summed E-state index contributed by atoms with van der Waals surface area (Å²) in [5.41, 5.74) is 5.78. The lowest BCUT2D eigenvalue weighted by atomic mass is 9.87. The number of anilines is 2. The largest absolute Gasteiger partial charge is 0.484 e. The van der Waals surface area contributed by atoms with E-state index in [-0.39, 0.29) is 18.1 Å². The van der Waals surface area contributed by atoms with Crippen LogP contribution in [-0.2, 0) is 10.3 Å². The van der Waals surface area contributed by atoms with Crippen molar-refractivity contribution in [3.8, 4) is 16.9 Å². The Labute approximate surface area is 206 Å². The molecule has 33 heavy (non-hydrogen) atoms. The number of para-hydroxylation sites is 1. The predicted molar refractivity (Wildman–Crippen MR) is 142 cm³/mol. The number of carbonyl (C=O) groups is 1. The van der Waals surface area contributed by atoms with Gasteiger partial charge in [0.25, 0.3) is 5.91 Å². The van der Waals surface area contributed by atoms with Crippen LogP contribution < -0.4 is 15.0 Å². The number of allylic oxidation sites excluding steroid dienone is 1. The minimum atomic E-state index is -0.507. The van der Waals surface area contributed by atoms with Crippen LogP contribution in [0, 0.1) is 3.82 Å². The second-order valence-corrected chi connectivity index (χ2v) is 12.5. The zero-order chi connectivity index (χ0) is 23.5. The maximum Gasteiger partial charge on any atom is 0.265 e. The summed E-state index contributed by atoms with van der Waals surface area (Å²) in [6.45, 7) is 10.5. The first-order valence-electron chi connectivity index (χ1n) is 10.9. The minimum absolute atomic E-state index is 0.0386. The second-order valence-electron chi connectivity index (χ2n) is 9.63. The van der Waals surface area contributed by atoms with Crippen LogP contribution in [0.4, 0.5) is 11.4 Å². The van der Waals surface area contributed by atoms with Crippen molar-refractivity contribution >= 4 is 55.8 Å². The van der Waals surface area contributed by atoms with Gasteiger partial charge >= 0.3 is 0 Å². The van der Waals surface area contributed by atoms with Gasteiger partial charge < -0.3 is 10.1 Å². The van der Waals surface area contributed by atoms with E-state index in [0.717, 1.165) is 36.8 Å². The highest BCUT2D eigenvalue weighted by atomic mass is 32.9. The van der Waals surface area contributed by atoms with E-state index in [4.69, 9.17) is 17.0 Å². The van der Waals surface area contributed by atoms with Crippen molar-refractivity contribution in [1.82, 2.24) is 0 Å². The highest BCUT2D eigenvalue weighted by molar-refractivity contribution is 7.80. The first kappa shape index (κ1) is 22.3. The molecule has 0 saturated carbocycles. The van der Waals surface area contributed by atoms with Gasteiger partial charge in [-0.1, -0.05) is 57.2 Å². The zero-order valence-electron chi connectivity index (χ0n) is 19.3. The van der Waals surface area contributed by atoms with Crippen molar-refractivity contribution in [1.29, 1.82) is 0 Å². The summed E-state index contributed by atoms with van der Waals surface area (Å²) in [6.07, 6.45) is 2.21. The Bertz CT molecular complexity index is 1360. The van der Waals surface area contributed by atoms with Crippen LogP contribution in [0.25, 0.3) is 16.7 Å². The van der Waals surface area contributed by atoms with Crippen LogP contribution in [0.3, 0.4) is 0 Å². The van der Waals surface area contributed by atoms with Gasteiger partial charge in [0.05, 0.1) is 21.6 Å². The van der Waals surface area contributed by atoms with Crippen LogP contribution in [0.1, 0.15) is 45.1 Å². The van der Waals surface area contributed by atoms with E-state index in [2.05, 4.69) is 46.0 Å². The van der Waals surface area contributed by atoms with Crippen LogP contribution in [0.2, 0.25) is 0 Å². The maximum atomic E-state index is 13.6. The molecule has 5 rings (SSSR count). The second kappa shape index (κ2) is 7.79. The molecule has 2 aromatic carbocycles. The number of hydrogen-bond acceptors (Lipinski definition) is 6. The topological polar surface area (TPSA) is 41.6 Å². The molecule has 7 heteroatoms. The minimum Gasteiger partial charge on any atom is -0.484 e.